The van der Waals surface area contributed by atoms with Crippen molar-refractivity contribution in [3.8, 4) is 0 Å². The number of carbonyl (C=O) groups is 1. The normalized spacial score (nSPS) is 17.1. The van der Waals surface area contributed by atoms with Gasteiger partial charge in [0.15, 0.2) is 5.69 Å². The van der Waals surface area contributed by atoms with E-state index in [1.165, 1.54) is 17.6 Å². The molecule has 0 spiro atoms. The maximum absolute atomic E-state index is 11.0. The molecule has 1 aromatic rings. The number of hydrogen-bond acceptors (Lipinski definition) is 3. The summed E-state index contributed by atoms with van der Waals surface area (Å²) < 4.78 is 0. The van der Waals surface area contributed by atoms with Crippen molar-refractivity contribution in [1.82, 2.24) is 15.0 Å². The highest BCUT2D eigenvalue weighted by molar-refractivity contribution is 5.86. The molecule has 0 aromatic carbocycles. The molecule has 0 amide bonds. The van der Waals surface area contributed by atoms with Crippen molar-refractivity contribution >= 4 is 5.97 Å². The Labute approximate surface area is 88.1 Å². The molecule has 1 aromatic heterocycles. The molecule has 1 N–H and O–H groups in total. The van der Waals surface area contributed by atoms with Gasteiger partial charge in [-0.3, -0.25) is 0 Å². The fourth-order valence-electron chi connectivity index (χ4n) is 2.13. The zero-order valence-corrected chi connectivity index (χ0v) is 8.81. The largest absolute Gasteiger partial charge is 0.476 e. The summed E-state index contributed by atoms with van der Waals surface area (Å²) in [6, 6.07) is 0. The minimum absolute atomic E-state index is 0.142. The summed E-state index contributed by atoms with van der Waals surface area (Å²) in [7, 11) is 0. The number of aryl methyl sites for hydroxylation is 1. The molecule has 1 heterocycles. The molecule has 0 bridgehead atoms. The standard InChI is InChI=1S/C10H15N3O2/c1-2-13-11-8(7-5-3-4-6-7)9(12-13)10(14)15/h7H,2-6H2,1H3,(H,14,15). The molecule has 15 heavy (non-hydrogen) atoms. The third-order valence-corrected chi connectivity index (χ3v) is 2.91. The molecule has 1 saturated carbocycles. The Bertz CT molecular complexity index is 367. The number of hydrogen-bond donors (Lipinski definition) is 1. The lowest BCUT2D eigenvalue weighted by molar-refractivity contribution is 0.0687. The van der Waals surface area contributed by atoms with Crippen LogP contribution < -0.4 is 0 Å². The van der Waals surface area contributed by atoms with Gasteiger partial charge in [-0.25, -0.2) is 4.79 Å². The summed E-state index contributed by atoms with van der Waals surface area (Å²) in [6.07, 6.45) is 4.43. The van der Waals surface area contributed by atoms with E-state index >= 15 is 0 Å². The number of aromatic carboxylic acids is 1. The molecular weight excluding hydrogens is 194 g/mol. The molecule has 82 valence electrons. The van der Waals surface area contributed by atoms with Gasteiger partial charge in [0.25, 0.3) is 0 Å². The second-order valence-electron chi connectivity index (χ2n) is 3.91. The molecule has 0 radical (unpaired) electrons. The van der Waals surface area contributed by atoms with Gasteiger partial charge in [0.1, 0.15) is 5.69 Å². The second kappa shape index (κ2) is 4.00. The first-order chi connectivity index (χ1) is 7.22. The topological polar surface area (TPSA) is 68.0 Å². The molecule has 0 atom stereocenters. The van der Waals surface area contributed by atoms with Crippen LogP contribution in [0.25, 0.3) is 0 Å². The van der Waals surface area contributed by atoms with Crippen molar-refractivity contribution in [3.05, 3.63) is 11.4 Å². The quantitative estimate of drug-likeness (QED) is 0.821. The van der Waals surface area contributed by atoms with E-state index in [4.69, 9.17) is 5.11 Å². The fourth-order valence-corrected chi connectivity index (χ4v) is 2.13. The lowest BCUT2D eigenvalue weighted by atomic mass is 10.0. The number of carboxylic acids is 1. The van der Waals surface area contributed by atoms with Crippen LogP contribution >= 0.6 is 0 Å². The van der Waals surface area contributed by atoms with Crippen LogP contribution in [0.4, 0.5) is 0 Å². The van der Waals surface area contributed by atoms with Crippen molar-refractivity contribution < 1.29 is 9.90 Å². The summed E-state index contributed by atoms with van der Waals surface area (Å²) in [4.78, 5) is 12.5. The van der Waals surface area contributed by atoms with Gasteiger partial charge >= 0.3 is 5.97 Å². The van der Waals surface area contributed by atoms with Crippen LogP contribution in [0, 0.1) is 0 Å². The first-order valence-corrected chi connectivity index (χ1v) is 5.40. The summed E-state index contributed by atoms with van der Waals surface area (Å²) in [5.41, 5.74) is 0.825. The molecule has 0 aliphatic heterocycles. The van der Waals surface area contributed by atoms with Gasteiger partial charge < -0.3 is 5.11 Å². The highest BCUT2D eigenvalue weighted by Crippen LogP contribution is 2.34. The molecule has 5 nitrogen and oxygen atoms in total. The molecule has 1 aliphatic carbocycles. The minimum Gasteiger partial charge on any atom is -0.476 e. The van der Waals surface area contributed by atoms with Crippen LogP contribution in [-0.2, 0) is 6.54 Å². The van der Waals surface area contributed by atoms with Crippen LogP contribution in [0.15, 0.2) is 0 Å². The van der Waals surface area contributed by atoms with E-state index in [2.05, 4.69) is 10.2 Å². The van der Waals surface area contributed by atoms with Crippen molar-refractivity contribution in [2.45, 2.75) is 45.1 Å². The summed E-state index contributed by atoms with van der Waals surface area (Å²) in [5.74, 6) is -0.659. The van der Waals surface area contributed by atoms with Crippen LogP contribution in [-0.4, -0.2) is 26.1 Å². The SMILES string of the molecule is CCn1nc(C(=O)O)c(C2CCCC2)n1. The van der Waals surface area contributed by atoms with Gasteiger partial charge in [-0.05, 0) is 19.8 Å². The zero-order chi connectivity index (χ0) is 10.8. The Morgan fingerprint density at radius 2 is 2.13 bits per heavy atom. The van der Waals surface area contributed by atoms with E-state index < -0.39 is 5.97 Å². The van der Waals surface area contributed by atoms with E-state index in [-0.39, 0.29) is 5.69 Å². The first kappa shape index (κ1) is 10.1. The highest BCUT2D eigenvalue weighted by Gasteiger charge is 2.27. The number of rotatable bonds is 3. The van der Waals surface area contributed by atoms with E-state index in [0.717, 1.165) is 12.8 Å². The van der Waals surface area contributed by atoms with Gasteiger partial charge in [-0.15, -0.1) is 5.10 Å². The average molecular weight is 209 g/mol. The van der Waals surface area contributed by atoms with Gasteiger partial charge in [-0.2, -0.15) is 9.90 Å². The van der Waals surface area contributed by atoms with Crippen LogP contribution in [0.5, 0.6) is 0 Å². The smallest absolute Gasteiger partial charge is 0.358 e. The molecule has 0 saturated heterocycles. The van der Waals surface area contributed by atoms with Gasteiger partial charge in [0.05, 0.1) is 6.54 Å². The predicted octanol–water partition coefficient (Wildman–Crippen LogP) is 1.65. The minimum atomic E-state index is -0.961. The third kappa shape index (κ3) is 1.86. The Hall–Kier alpha value is -1.39. The monoisotopic (exact) mass is 209 g/mol. The maximum Gasteiger partial charge on any atom is 0.358 e. The molecule has 5 heteroatoms. The summed E-state index contributed by atoms with van der Waals surface area (Å²) in [6.45, 7) is 2.52. The molecule has 0 unspecified atom stereocenters. The molecule has 1 fully saturated rings. The van der Waals surface area contributed by atoms with Crippen molar-refractivity contribution in [2.75, 3.05) is 0 Å². The van der Waals surface area contributed by atoms with E-state index in [0.29, 0.717) is 18.2 Å². The lowest BCUT2D eigenvalue weighted by Gasteiger charge is -2.04. The highest BCUT2D eigenvalue weighted by atomic mass is 16.4. The Kier molecular flexibility index (Phi) is 2.70. The van der Waals surface area contributed by atoms with E-state index in [1.807, 2.05) is 6.92 Å². The number of aromatic nitrogens is 3. The van der Waals surface area contributed by atoms with Crippen molar-refractivity contribution in [2.24, 2.45) is 0 Å². The van der Waals surface area contributed by atoms with Gasteiger partial charge in [0, 0.05) is 5.92 Å². The maximum atomic E-state index is 11.0. The average Bonchev–Trinajstić information content (AvgIpc) is 2.86. The zero-order valence-electron chi connectivity index (χ0n) is 8.81. The third-order valence-electron chi connectivity index (χ3n) is 2.91. The van der Waals surface area contributed by atoms with Crippen LogP contribution in [0.1, 0.15) is 54.7 Å². The van der Waals surface area contributed by atoms with Gasteiger partial charge in [-0.1, -0.05) is 12.8 Å². The first-order valence-electron chi connectivity index (χ1n) is 5.40. The fraction of sp³-hybridized carbons (Fsp3) is 0.700. The van der Waals surface area contributed by atoms with Crippen LogP contribution in [0.3, 0.4) is 0 Å². The van der Waals surface area contributed by atoms with Crippen molar-refractivity contribution in [3.63, 3.8) is 0 Å². The summed E-state index contributed by atoms with van der Waals surface area (Å²) >= 11 is 0. The number of nitrogens with zero attached hydrogens (tertiary/aromatic N) is 3. The Balaban J connectivity index is 2.34. The van der Waals surface area contributed by atoms with Crippen LogP contribution in [0.2, 0.25) is 0 Å². The van der Waals surface area contributed by atoms with E-state index in [1.54, 1.807) is 0 Å². The summed E-state index contributed by atoms with van der Waals surface area (Å²) in [5, 5.41) is 17.3. The molecular formula is C10H15N3O2. The molecule has 1 aliphatic rings. The van der Waals surface area contributed by atoms with Crippen molar-refractivity contribution in [1.29, 1.82) is 0 Å². The number of carboxylic acid groups (broad SMARTS) is 1. The van der Waals surface area contributed by atoms with E-state index in [9.17, 15) is 4.79 Å². The Morgan fingerprint density at radius 3 is 2.67 bits per heavy atom. The second-order valence-corrected chi connectivity index (χ2v) is 3.91. The van der Waals surface area contributed by atoms with Gasteiger partial charge in [0.2, 0.25) is 0 Å². The predicted molar refractivity (Wildman–Crippen MR) is 53.9 cm³/mol. The molecule has 2 rings (SSSR count). The Morgan fingerprint density at radius 1 is 1.47 bits per heavy atom. The lowest BCUT2D eigenvalue weighted by Crippen LogP contribution is -2.04.